The Kier molecular flexibility index (Phi) is 5.32. The Hall–Kier alpha value is -2.73. The fourth-order valence-corrected chi connectivity index (χ4v) is 3.13. The Bertz CT molecular complexity index is 1050. The van der Waals surface area contributed by atoms with Gasteiger partial charge < -0.3 is 9.88 Å². The molecule has 0 spiro atoms. The van der Waals surface area contributed by atoms with Crippen molar-refractivity contribution < 1.29 is 4.79 Å². The smallest absolute Gasteiger partial charge is 0.261 e. The van der Waals surface area contributed by atoms with Gasteiger partial charge in [-0.25, -0.2) is 0 Å². The van der Waals surface area contributed by atoms with Gasteiger partial charge in [0.05, 0.1) is 10.9 Å². The zero-order valence-electron chi connectivity index (χ0n) is 14.9. The highest BCUT2D eigenvalue weighted by Gasteiger charge is 2.15. The van der Waals surface area contributed by atoms with Gasteiger partial charge in [-0.3, -0.25) is 14.2 Å². The number of nitrogens with one attached hydrogen (secondary N) is 1. The second-order valence-electron chi connectivity index (χ2n) is 6.18. The van der Waals surface area contributed by atoms with Crippen LogP contribution in [-0.4, -0.2) is 33.4 Å². The lowest BCUT2D eigenvalue weighted by Gasteiger charge is -2.21. The zero-order valence-corrected chi connectivity index (χ0v) is 15.7. The van der Waals surface area contributed by atoms with E-state index in [4.69, 9.17) is 12.2 Å². The van der Waals surface area contributed by atoms with Crippen LogP contribution in [0.15, 0.2) is 53.3 Å². The summed E-state index contributed by atoms with van der Waals surface area (Å²) in [6.07, 6.45) is 0.803. The Morgan fingerprint density at radius 3 is 2.62 bits per heavy atom. The molecule has 0 fully saturated rings. The summed E-state index contributed by atoms with van der Waals surface area (Å²) in [5.74, 6) is -0.0506. The molecule has 0 aliphatic carbocycles. The molecule has 6 heteroatoms. The van der Waals surface area contributed by atoms with Gasteiger partial charge in [-0.05, 0) is 49.3 Å². The third kappa shape index (κ3) is 3.60. The van der Waals surface area contributed by atoms with Gasteiger partial charge in [-0.1, -0.05) is 30.3 Å². The molecular formula is C20H21N3O2S. The van der Waals surface area contributed by atoms with Crippen molar-refractivity contribution >= 4 is 29.0 Å². The van der Waals surface area contributed by atoms with Gasteiger partial charge in [0, 0.05) is 25.7 Å². The molecule has 2 aromatic carbocycles. The molecule has 0 atom stereocenters. The van der Waals surface area contributed by atoms with Gasteiger partial charge in [0.1, 0.15) is 0 Å². The first-order chi connectivity index (χ1) is 12.5. The first-order valence-corrected chi connectivity index (χ1v) is 8.98. The Labute approximate surface area is 156 Å². The summed E-state index contributed by atoms with van der Waals surface area (Å²) in [7, 11) is 1.63. The molecule has 0 radical (unpaired) electrons. The topological polar surface area (TPSA) is 58.1 Å². The van der Waals surface area contributed by atoms with E-state index in [-0.39, 0.29) is 11.5 Å². The maximum Gasteiger partial charge on any atom is 0.261 e. The van der Waals surface area contributed by atoms with Crippen LogP contribution in [0.4, 0.5) is 0 Å². The fourth-order valence-electron chi connectivity index (χ4n) is 2.93. The summed E-state index contributed by atoms with van der Waals surface area (Å²) in [5, 5.41) is 0.519. The predicted molar refractivity (Wildman–Crippen MR) is 106 cm³/mol. The summed E-state index contributed by atoms with van der Waals surface area (Å²) < 4.78 is 1.72. The number of aromatic amines is 1. The average Bonchev–Trinajstić information content (AvgIpc) is 2.67. The highest BCUT2D eigenvalue weighted by molar-refractivity contribution is 7.71. The Morgan fingerprint density at radius 1 is 1.19 bits per heavy atom. The third-order valence-electron chi connectivity index (χ3n) is 4.53. The summed E-state index contributed by atoms with van der Waals surface area (Å²) in [6, 6.07) is 15.2. The molecule has 5 nitrogen and oxygen atoms in total. The molecule has 3 rings (SSSR count). The highest BCUT2D eigenvalue weighted by Crippen LogP contribution is 2.13. The predicted octanol–water partition coefficient (Wildman–Crippen LogP) is 3.30. The largest absolute Gasteiger partial charge is 0.339 e. The van der Waals surface area contributed by atoms with Gasteiger partial charge in [-0.15, -0.1) is 0 Å². The van der Waals surface area contributed by atoms with Crippen LogP contribution in [-0.2, 0) is 13.5 Å². The minimum absolute atomic E-state index is 0.0506. The number of aromatic nitrogens is 2. The van der Waals surface area contributed by atoms with Gasteiger partial charge in [-0.2, -0.15) is 0 Å². The van der Waals surface area contributed by atoms with Crippen LogP contribution in [0.3, 0.4) is 0 Å². The van der Waals surface area contributed by atoms with Gasteiger partial charge in [0.25, 0.3) is 11.5 Å². The Morgan fingerprint density at radius 2 is 1.92 bits per heavy atom. The molecule has 134 valence electrons. The monoisotopic (exact) mass is 367 g/mol. The van der Waals surface area contributed by atoms with Crippen LogP contribution < -0.4 is 5.56 Å². The van der Waals surface area contributed by atoms with Crippen molar-refractivity contribution in [1.29, 1.82) is 0 Å². The second kappa shape index (κ2) is 7.66. The summed E-state index contributed by atoms with van der Waals surface area (Å²) in [6.45, 7) is 3.23. The molecule has 1 N–H and O–H groups in total. The number of fused-ring (bicyclic) bond motifs is 1. The van der Waals surface area contributed by atoms with Crippen molar-refractivity contribution in [2.24, 2.45) is 7.05 Å². The van der Waals surface area contributed by atoms with Crippen molar-refractivity contribution in [2.75, 3.05) is 13.1 Å². The minimum Gasteiger partial charge on any atom is -0.339 e. The number of hydrogen-bond donors (Lipinski definition) is 1. The number of amides is 1. The molecule has 0 saturated carbocycles. The van der Waals surface area contributed by atoms with Gasteiger partial charge in [0.2, 0.25) is 0 Å². The molecule has 26 heavy (non-hydrogen) atoms. The van der Waals surface area contributed by atoms with E-state index in [1.165, 1.54) is 10.1 Å². The normalized spacial score (nSPS) is 10.8. The standard InChI is InChI=1S/C20H21N3O2S/c1-3-23(12-11-14-7-5-4-6-8-14)18(24)15-9-10-16-17(13-15)21-20(26)22(2)19(16)25/h4-10,13H,3,11-12H2,1-2H3,(H,21,26). The molecule has 0 bridgehead atoms. The lowest BCUT2D eigenvalue weighted by molar-refractivity contribution is 0.0766. The number of H-pyrrole nitrogens is 1. The minimum atomic E-state index is -0.167. The number of likely N-dealkylation sites (N-methyl/N-ethyl adjacent to an activating group) is 1. The number of nitrogens with zero attached hydrogens (tertiary/aromatic N) is 2. The molecule has 0 aliphatic rings. The lowest BCUT2D eigenvalue weighted by Crippen LogP contribution is -2.32. The summed E-state index contributed by atoms with van der Waals surface area (Å²) in [5.41, 5.74) is 2.17. The molecule has 1 amide bonds. The van der Waals surface area contributed by atoms with Gasteiger partial charge in [0.15, 0.2) is 4.77 Å². The van der Waals surface area contributed by atoms with Crippen LogP contribution in [0.25, 0.3) is 10.9 Å². The number of rotatable bonds is 5. The molecule has 0 unspecified atom stereocenters. The van der Waals surface area contributed by atoms with E-state index in [0.29, 0.717) is 34.3 Å². The fraction of sp³-hybridized carbons (Fsp3) is 0.250. The van der Waals surface area contributed by atoms with Crippen LogP contribution in [0.1, 0.15) is 22.8 Å². The second-order valence-corrected chi connectivity index (χ2v) is 6.56. The van der Waals surface area contributed by atoms with Crippen LogP contribution >= 0.6 is 12.2 Å². The van der Waals surface area contributed by atoms with Crippen LogP contribution in [0.2, 0.25) is 0 Å². The molecular weight excluding hydrogens is 346 g/mol. The van der Waals surface area contributed by atoms with E-state index in [0.717, 1.165) is 6.42 Å². The SMILES string of the molecule is CCN(CCc1ccccc1)C(=O)c1ccc2c(=O)n(C)c(=S)[nH]c2c1. The van der Waals surface area contributed by atoms with Crippen molar-refractivity contribution in [2.45, 2.75) is 13.3 Å². The first-order valence-electron chi connectivity index (χ1n) is 8.57. The Balaban J connectivity index is 1.86. The average molecular weight is 367 g/mol. The molecule has 0 aliphatic heterocycles. The number of benzene rings is 2. The number of carbonyl (C=O) groups excluding carboxylic acids is 1. The lowest BCUT2D eigenvalue weighted by atomic mass is 10.1. The van der Waals surface area contributed by atoms with E-state index < -0.39 is 0 Å². The van der Waals surface area contributed by atoms with E-state index in [1.54, 1.807) is 25.2 Å². The highest BCUT2D eigenvalue weighted by atomic mass is 32.1. The number of carbonyl (C=O) groups is 1. The van der Waals surface area contributed by atoms with Crippen molar-refractivity contribution in [3.05, 3.63) is 74.8 Å². The quantitative estimate of drug-likeness (QED) is 0.704. The van der Waals surface area contributed by atoms with Crippen LogP contribution in [0, 0.1) is 4.77 Å². The van der Waals surface area contributed by atoms with E-state index in [2.05, 4.69) is 17.1 Å². The molecule has 1 aromatic heterocycles. The third-order valence-corrected chi connectivity index (χ3v) is 4.91. The zero-order chi connectivity index (χ0) is 18.7. The maximum atomic E-state index is 12.9. The number of hydrogen-bond acceptors (Lipinski definition) is 3. The van der Waals surface area contributed by atoms with E-state index in [1.807, 2.05) is 30.0 Å². The summed E-state index contributed by atoms with van der Waals surface area (Å²) in [4.78, 5) is 30.0. The molecule has 1 heterocycles. The van der Waals surface area contributed by atoms with E-state index in [9.17, 15) is 9.59 Å². The summed E-state index contributed by atoms with van der Waals surface area (Å²) >= 11 is 5.16. The van der Waals surface area contributed by atoms with Gasteiger partial charge >= 0.3 is 0 Å². The molecule has 0 saturated heterocycles. The van der Waals surface area contributed by atoms with E-state index >= 15 is 0 Å². The van der Waals surface area contributed by atoms with Crippen LogP contribution in [0.5, 0.6) is 0 Å². The maximum absolute atomic E-state index is 12.9. The molecule has 3 aromatic rings. The van der Waals surface area contributed by atoms with Crippen molar-refractivity contribution in [3.63, 3.8) is 0 Å². The van der Waals surface area contributed by atoms with Crippen molar-refractivity contribution in [1.82, 2.24) is 14.5 Å². The van der Waals surface area contributed by atoms with Crippen molar-refractivity contribution in [3.8, 4) is 0 Å². The first kappa shape index (κ1) is 18.1.